The smallest absolute Gasteiger partial charge is 0.0612 e. The Morgan fingerprint density at radius 2 is 1.94 bits per heavy atom. The third-order valence-electron chi connectivity index (χ3n) is 3.02. The molecule has 3 heteroatoms. The molecule has 1 aromatic heterocycles. The van der Waals surface area contributed by atoms with E-state index >= 15 is 0 Å². The molecule has 0 fully saturated rings. The SMILES string of the molecule is CN(C)C(c1cccnc1)c1cccc(CN)c1. The van der Waals surface area contributed by atoms with Crippen molar-refractivity contribution in [2.75, 3.05) is 14.1 Å². The normalized spacial score (nSPS) is 12.7. The Balaban J connectivity index is 2.42. The Morgan fingerprint density at radius 3 is 2.56 bits per heavy atom. The first kappa shape index (κ1) is 12.7. The topological polar surface area (TPSA) is 42.2 Å². The zero-order chi connectivity index (χ0) is 13.0. The van der Waals surface area contributed by atoms with Gasteiger partial charge < -0.3 is 5.73 Å². The first-order chi connectivity index (χ1) is 8.72. The molecule has 1 unspecified atom stereocenters. The lowest BCUT2D eigenvalue weighted by Gasteiger charge is -2.25. The lowest BCUT2D eigenvalue weighted by Crippen LogP contribution is -2.21. The molecule has 2 aromatic rings. The van der Waals surface area contributed by atoms with Gasteiger partial charge in [0.05, 0.1) is 6.04 Å². The predicted octanol–water partition coefficient (Wildman–Crippen LogP) is 2.19. The highest BCUT2D eigenvalue weighted by Gasteiger charge is 2.16. The molecule has 0 amide bonds. The van der Waals surface area contributed by atoms with Gasteiger partial charge in [-0.05, 0) is 36.9 Å². The van der Waals surface area contributed by atoms with Crippen molar-refractivity contribution >= 4 is 0 Å². The second-order valence-electron chi connectivity index (χ2n) is 4.60. The predicted molar refractivity (Wildman–Crippen MR) is 74.1 cm³/mol. The van der Waals surface area contributed by atoms with E-state index in [1.54, 1.807) is 6.20 Å². The molecule has 0 saturated carbocycles. The van der Waals surface area contributed by atoms with Gasteiger partial charge in [0.15, 0.2) is 0 Å². The molecule has 2 rings (SSSR count). The number of nitrogens with two attached hydrogens (primary N) is 1. The van der Waals surface area contributed by atoms with Gasteiger partial charge in [-0.1, -0.05) is 30.3 Å². The third kappa shape index (κ3) is 2.75. The standard InChI is InChI=1S/C15H19N3/c1-18(2)15(14-7-4-8-17-11-14)13-6-3-5-12(9-13)10-16/h3-9,11,15H,10,16H2,1-2H3. The van der Waals surface area contributed by atoms with Crippen LogP contribution in [0, 0.1) is 0 Å². The Kier molecular flexibility index (Phi) is 4.07. The van der Waals surface area contributed by atoms with Gasteiger partial charge >= 0.3 is 0 Å². The van der Waals surface area contributed by atoms with Gasteiger partial charge in [0.25, 0.3) is 0 Å². The summed E-state index contributed by atoms with van der Waals surface area (Å²) in [6.45, 7) is 0.570. The molecule has 1 heterocycles. The van der Waals surface area contributed by atoms with Crippen LogP contribution in [0.2, 0.25) is 0 Å². The van der Waals surface area contributed by atoms with Crippen molar-refractivity contribution in [2.45, 2.75) is 12.6 Å². The Bertz CT molecular complexity index is 494. The minimum absolute atomic E-state index is 0.213. The largest absolute Gasteiger partial charge is 0.326 e. The molecular formula is C15H19N3. The molecule has 0 radical (unpaired) electrons. The van der Waals surface area contributed by atoms with Crippen molar-refractivity contribution in [1.82, 2.24) is 9.88 Å². The Morgan fingerprint density at radius 1 is 1.17 bits per heavy atom. The third-order valence-corrected chi connectivity index (χ3v) is 3.02. The molecule has 2 N–H and O–H groups in total. The molecule has 1 aromatic carbocycles. The summed E-state index contributed by atoms with van der Waals surface area (Å²) >= 11 is 0. The summed E-state index contributed by atoms with van der Waals surface area (Å²) in [5.74, 6) is 0. The maximum atomic E-state index is 5.71. The van der Waals surface area contributed by atoms with E-state index in [1.807, 2.05) is 12.3 Å². The second kappa shape index (κ2) is 5.76. The van der Waals surface area contributed by atoms with Gasteiger partial charge in [-0.25, -0.2) is 0 Å². The van der Waals surface area contributed by atoms with Gasteiger partial charge in [-0.2, -0.15) is 0 Å². The first-order valence-electron chi connectivity index (χ1n) is 6.07. The van der Waals surface area contributed by atoms with Crippen LogP contribution >= 0.6 is 0 Å². The second-order valence-corrected chi connectivity index (χ2v) is 4.60. The summed E-state index contributed by atoms with van der Waals surface area (Å²) in [4.78, 5) is 6.39. The Hall–Kier alpha value is -1.71. The summed E-state index contributed by atoms with van der Waals surface area (Å²) in [6.07, 6.45) is 3.71. The molecule has 0 aliphatic rings. The zero-order valence-electron chi connectivity index (χ0n) is 10.9. The molecule has 0 aliphatic heterocycles. The lowest BCUT2D eigenvalue weighted by atomic mass is 9.97. The molecule has 1 atom stereocenters. The quantitative estimate of drug-likeness (QED) is 0.892. The van der Waals surface area contributed by atoms with E-state index < -0.39 is 0 Å². The van der Waals surface area contributed by atoms with Crippen LogP contribution in [0.4, 0.5) is 0 Å². The molecule has 0 bridgehead atoms. The van der Waals surface area contributed by atoms with Crippen molar-refractivity contribution < 1.29 is 0 Å². The minimum atomic E-state index is 0.213. The van der Waals surface area contributed by atoms with Crippen LogP contribution in [0.5, 0.6) is 0 Å². The van der Waals surface area contributed by atoms with Crippen molar-refractivity contribution in [2.24, 2.45) is 5.73 Å². The van der Waals surface area contributed by atoms with Gasteiger partial charge in [0, 0.05) is 18.9 Å². The van der Waals surface area contributed by atoms with E-state index in [0.29, 0.717) is 6.54 Å². The van der Waals surface area contributed by atoms with E-state index in [0.717, 1.165) is 5.56 Å². The first-order valence-corrected chi connectivity index (χ1v) is 6.07. The summed E-state index contributed by atoms with van der Waals surface area (Å²) in [7, 11) is 4.15. The molecular weight excluding hydrogens is 222 g/mol. The minimum Gasteiger partial charge on any atom is -0.326 e. The molecule has 0 saturated heterocycles. The lowest BCUT2D eigenvalue weighted by molar-refractivity contribution is 0.341. The van der Waals surface area contributed by atoms with Crippen LogP contribution in [-0.2, 0) is 6.54 Å². The van der Waals surface area contributed by atoms with Crippen molar-refractivity contribution in [3.05, 3.63) is 65.5 Å². The highest BCUT2D eigenvalue weighted by molar-refractivity contribution is 5.33. The van der Waals surface area contributed by atoms with Crippen LogP contribution in [0.3, 0.4) is 0 Å². The summed E-state index contributed by atoms with van der Waals surface area (Å²) in [6, 6.07) is 12.7. The van der Waals surface area contributed by atoms with Crippen molar-refractivity contribution in [3.8, 4) is 0 Å². The Labute approximate surface area is 108 Å². The van der Waals surface area contributed by atoms with E-state index in [1.165, 1.54) is 11.1 Å². The zero-order valence-corrected chi connectivity index (χ0v) is 10.9. The number of benzene rings is 1. The van der Waals surface area contributed by atoms with Gasteiger partial charge in [-0.3, -0.25) is 9.88 Å². The maximum Gasteiger partial charge on any atom is 0.0612 e. The number of hydrogen-bond acceptors (Lipinski definition) is 3. The average Bonchev–Trinajstić information content (AvgIpc) is 2.40. The van der Waals surface area contributed by atoms with Gasteiger partial charge in [-0.15, -0.1) is 0 Å². The molecule has 3 nitrogen and oxygen atoms in total. The summed E-state index contributed by atoms with van der Waals surface area (Å²) in [5, 5.41) is 0. The van der Waals surface area contributed by atoms with Crippen LogP contribution in [0.1, 0.15) is 22.7 Å². The van der Waals surface area contributed by atoms with Crippen LogP contribution < -0.4 is 5.73 Å². The molecule has 18 heavy (non-hydrogen) atoms. The highest BCUT2D eigenvalue weighted by atomic mass is 15.1. The molecule has 0 spiro atoms. The van der Waals surface area contributed by atoms with Crippen molar-refractivity contribution in [3.63, 3.8) is 0 Å². The fourth-order valence-corrected chi connectivity index (χ4v) is 2.22. The number of pyridine rings is 1. The van der Waals surface area contributed by atoms with Gasteiger partial charge in [0.1, 0.15) is 0 Å². The number of aromatic nitrogens is 1. The van der Waals surface area contributed by atoms with Gasteiger partial charge in [0.2, 0.25) is 0 Å². The van der Waals surface area contributed by atoms with Crippen LogP contribution in [0.15, 0.2) is 48.8 Å². The fourth-order valence-electron chi connectivity index (χ4n) is 2.22. The van der Waals surface area contributed by atoms with E-state index in [2.05, 4.69) is 54.3 Å². The van der Waals surface area contributed by atoms with E-state index in [-0.39, 0.29) is 6.04 Å². The number of nitrogens with zero attached hydrogens (tertiary/aromatic N) is 2. The monoisotopic (exact) mass is 241 g/mol. The average molecular weight is 241 g/mol. The summed E-state index contributed by atoms with van der Waals surface area (Å²) < 4.78 is 0. The van der Waals surface area contributed by atoms with Crippen LogP contribution in [0.25, 0.3) is 0 Å². The molecule has 94 valence electrons. The number of hydrogen-bond donors (Lipinski definition) is 1. The van der Waals surface area contributed by atoms with E-state index in [4.69, 9.17) is 5.73 Å². The number of rotatable bonds is 4. The fraction of sp³-hybridized carbons (Fsp3) is 0.267. The highest BCUT2D eigenvalue weighted by Crippen LogP contribution is 2.26. The van der Waals surface area contributed by atoms with Crippen molar-refractivity contribution in [1.29, 1.82) is 0 Å². The van der Waals surface area contributed by atoms with E-state index in [9.17, 15) is 0 Å². The van der Waals surface area contributed by atoms with Crippen LogP contribution in [-0.4, -0.2) is 24.0 Å². The summed E-state index contributed by atoms with van der Waals surface area (Å²) in [5.41, 5.74) is 9.30. The molecule has 0 aliphatic carbocycles. The maximum absolute atomic E-state index is 5.71.